The predicted molar refractivity (Wildman–Crippen MR) is 51.5 cm³/mol. The maximum Gasteiger partial charge on any atom is 0.409 e. The first-order chi connectivity index (χ1) is 6.15. The molecule has 0 N–H and O–H groups in total. The smallest absolute Gasteiger partial charge is 0.409 e. The largest absolute Gasteiger partial charge is 0.449 e. The Morgan fingerprint density at radius 1 is 1.38 bits per heavy atom. The van der Waals surface area contributed by atoms with Gasteiger partial charge in [0.15, 0.2) is 0 Å². The highest BCUT2D eigenvalue weighted by Crippen LogP contribution is 2.22. The second-order valence-electron chi connectivity index (χ2n) is 3.97. The number of rotatable bonds is 2. The normalized spacial score (nSPS) is 27.8. The average Bonchev–Trinajstić information content (AvgIpc) is 2.43. The van der Waals surface area contributed by atoms with Crippen LogP contribution in [0.4, 0.5) is 4.79 Å². The van der Waals surface area contributed by atoms with Crippen LogP contribution in [0.25, 0.3) is 0 Å². The Morgan fingerprint density at radius 2 is 1.92 bits per heavy atom. The highest BCUT2D eigenvalue weighted by Gasteiger charge is 2.29. The van der Waals surface area contributed by atoms with Crippen molar-refractivity contribution in [2.75, 3.05) is 19.7 Å². The van der Waals surface area contributed by atoms with Gasteiger partial charge in [-0.05, 0) is 18.3 Å². The predicted octanol–water partition coefficient (Wildman–Crippen LogP) is 2.12. The first kappa shape index (κ1) is 10.4. The zero-order valence-corrected chi connectivity index (χ0v) is 8.75. The van der Waals surface area contributed by atoms with Gasteiger partial charge in [-0.3, -0.25) is 0 Å². The fraction of sp³-hybridized carbons (Fsp3) is 0.900. The fourth-order valence-electron chi connectivity index (χ4n) is 1.56. The van der Waals surface area contributed by atoms with E-state index in [0.717, 1.165) is 19.5 Å². The first-order valence-electron chi connectivity index (χ1n) is 5.06. The minimum atomic E-state index is -0.141. The number of carbonyl (C=O) groups excluding carboxylic acids is 1. The molecule has 0 spiro atoms. The Hall–Kier alpha value is -0.730. The summed E-state index contributed by atoms with van der Waals surface area (Å²) in [5, 5.41) is 0. The number of nitrogens with zero attached hydrogens (tertiary/aromatic N) is 1. The van der Waals surface area contributed by atoms with Gasteiger partial charge in [-0.15, -0.1) is 0 Å². The molecule has 1 heterocycles. The number of hydrogen-bond acceptors (Lipinski definition) is 2. The summed E-state index contributed by atoms with van der Waals surface area (Å²) in [6.45, 7) is 8.60. The molecule has 13 heavy (non-hydrogen) atoms. The monoisotopic (exact) mass is 185 g/mol. The van der Waals surface area contributed by atoms with E-state index in [9.17, 15) is 4.79 Å². The number of likely N-dealkylation sites (tertiary alicyclic amines) is 1. The van der Waals surface area contributed by atoms with Gasteiger partial charge in [0.25, 0.3) is 0 Å². The maximum absolute atomic E-state index is 11.4. The molecule has 0 aliphatic carbocycles. The van der Waals surface area contributed by atoms with Gasteiger partial charge in [0.2, 0.25) is 0 Å². The van der Waals surface area contributed by atoms with Crippen molar-refractivity contribution in [2.24, 2.45) is 11.8 Å². The molecule has 2 atom stereocenters. The van der Waals surface area contributed by atoms with Crippen LogP contribution in [0, 0.1) is 11.8 Å². The van der Waals surface area contributed by atoms with Crippen molar-refractivity contribution in [3.8, 4) is 0 Å². The lowest BCUT2D eigenvalue weighted by Gasteiger charge is -2.15. The van der Waals surface area contributed by atoms with Crippen molar-refractivity contribution >= 4 is 6.09 Å². The molecule has 1 rings (SSSR count). The second-order valence-corrected chi connectivity index (χ2v) is 3.97. The quantitative estimate of drug-likeness (QED) is 0.659. The number of carbonyl (C=O) groups is 1. The number of hydrogen-bond donors (Lipinski definition) is 0. The second kappa shape index (κ2) is 4.49. The van der Waals surface area contributed by atoms with E-state index in [0.29, 0.717) is 18.4 Å². The molecule has 2 unspecified atom stereocenters. The SMILES string of the molecule is CCCOC(=O)N1CC(C)C(C)C1. The third-order valence-electron chi connectivity index (χ3n) is 2.68. The molecule has 76 valence electrons. The first-order valence-corrected chi connectivity index (χ1v) is 5.06. The summed E-state index contributed by atoms with van der Waals surface area (Å²) in [6.07, 6.45) is 0.753. The fourth-order valence-corrected chi connectivity index (χ4v) is 1.56. The number of ether oxygens (including phenoxy) is 1. The molecule has 0 aromatic heterocycles. The summed E-state index contributed by atoms with van der Waals surface area (Å²) in [5.74, 6) is 1.21. The lowest BCUT2D eigenvalue weighted by atomic mass is 10.0. The molecule has 1 aliphatic heterocycles. The summed E-state index contributed by atoms with van der Waals surface area (Å²) in [6, 6.07) is 0. The molecular formula is C10H19NO2. The van der Waals surface area contributed by atoms with Gasteiger partial charge in [0.1, 0.15) is 0 Å². The highest BCUT2D eigenvalue weighted by molar-refractivity contribution is 5.67. The van der Waals surface area contributed by atoms with E-state index in [-0.39, 0.29) is 6.09 Å². The Balaban J connectivity index is 2.33. The summed E-state index contributed by atoms with van der Waals surface area (Å²) in [4.78, 5) is 13.2. The molecule has 0 bridgehead atoms. The van der Waals surface area contributed by atoms with Gasteiger partial charge >= 0.3 is 6.09 Å². The molecule has 1 amide bonds. The van der Waals surface area contributed by atoms with Crippen molar-refractivity contribution in [3.63, 3.8) is 0 Å². The zero-order chi connectivity index (χ0) is 9.84. The molecule has 1 saturated heterocycles. The minimum Gasteiger partial charge on any atom is -0.449 e. The Labute approximate surface area is 80.1 Å². The number of amides is 1. The van der Waals surface area contributed by atoms with Crippen molar-refractivity contribution in [1.29, 1.82) is 0 Å². The van der Waals surface area contributed by atoms with Crippen molar-refractivity contribution < 1.29 is 9.53 Å². The van der Waals surface area contributed by atoms with Crippen LogP contribution in [0.1, 0.15) is 27.2 Å². The molecule has 3 heteroatoms. The minimum absolute atomic E-state index is 0.141. The average molecular weight is 185 g/mol. The van der Waals surface area contributed by atoms with E-state index in [4.69, 9.17) is 4.74 Å². The third-order valence-corrected chi connectivity index (χ3v) is 2.68. The topological polar surface area (TPSA) is 29.5 Å². The van der Waals surface area contributed by atoms with Crippen LogP contribution in [0.2, 0.25) is 0 Å². The van der Waals surface area contributed by atoms with E-state index < -0.39 is 0 Å². The van der Waals surface area contributed by atoms with Gasteiger partial charge in [-0.25, -0.2) is 4.79 Å². The Bertz CT molecular complexity index is 172. The Morgan fingerprint density at radius 3 is 2.38 bits per heavy atom. The van der Waals surface area contributed by atoms with Gasteiger partial charge in [0, 0.05) is 13.1 Å². The van der Waals surface area contributed by atoms with Crippen LogP contribution >= 0.6 is 0 Å². The van der Waals surface area contributed by atoms with E-state index in [1.807, 2.05) is 11.8 Å². The lowest BCUT2D eigenvalue weighted by Crippen LogP contribution is -2.29. The third kappa shape index (κ3) is 2.61. The zero-order valence-electron chi connectivity index (χ0n) is 8.75. The van der Waals surface area contributed by atoms with Gasteiger partial charge in [0.05, 0.1) is 6.61 Å². The summed E-state index contributed by atoms with van der Waals surface area (Å²) in [7, 11) is 0. The lowest BCUT2D eigenvalue weighted by molar-refractivity contribution is 0.109. The summed E-state index contributed by atoms with van der Waals surface area (Å²) in [5.41, 5.74) is 0. The van der Waals surface area contributed by atoms with Crippen molar-refractivity contribution in [2.45, 2.75) is 27.2 Å². The van der Waals surface area contributed by atoms with Crippen LogP contribution in [0.3, 0.4) is 0 Å². The Kier molecular flexibility index (Phi) is 3.58. The van der Waals surface area contributed by atoms with Crippen LogP contribution < -0.4 is 0 Å². The van der Waals surface area contributed by atoms with Crippen LogP contribution in [-0.4, -0.2) is 30.7 Å². The van der Waals surface area contributed by atoms with Crippen LogP contribution in [-0.2, 0) is 4.74 Å². The molecule has 3 nitrogen and oxygen atoms in total. The maximum atomic E-state index is 11.4. The van der Waals surface area contributed by atoms with E-state index in [1.54, 1.807) is 0 Å². The molecule has 1 aliphatic rings. The van der Waals surface area contributed by atoms with Crippen LogP contribution in [0.15, 0.2) is 0 Å². The molecule has 0 aromatic carbocycles. The summed E-state index contributed by atoms with van der Waals surface area (Å²) < 4.78 is 5.06. The van der Waals surface area contributed by atoms with Crippen LogP contribution in [0.5, 0.6) is 0 Å². The van der Waals surface area contributed by atoms with Gasteiger partial charge in [-0.2, -0.15) is 0 Å². The van der Waals surface area contributed by atoms with E-state index in [2.05, 4.69) is 13.8 Å². The van der Waals surface area contributed by atoms with Gasteiger partial charge < -0.3 is 9.64 Å². The highest BCUT2D eigenvalue weighted by atomic mass is 16.6. The van der Waals surface area contributed by atoms with E-state index in [1.165, 1.54) is 0 Å². The molecular weight excluding hydrogens is 166 g/mol. The van der Waals surface area contributed by atoms with Crippen molar-refractivity contribution in [1.82, 2.24) is 4.90 Å². The van der Waals surface area contributed by atoms with E-state index >= 15 is 0 Å². The molecule has 1 fully saturated rings. The van der Waals surface area contributed by atoms with Gasteiger partial charge in [-0.1, -0.05) is 20.8 Å². The summed E-state index contributed by atoms with van der Waals surface area (Å²) >= 11 is 0. The molecule has 0 saturated carbocycles. The standard InChI is InChI=1S/C10H19NO2/c1-4-5-13-10(12)11-6-8(2)9(3)7-11/h8-9H,4-7H2,1-3H3. The molecule has 0 radical (unpaired) electrons. The van der Waals surface area contributed by atoms with Crippen molar-refractivity contribution in [3.05, 3.63) is 0 Å². The molecule has 0 aromatic rings.